The molecule has 0 radical (unpaired) electrons. The fourth-order valence-corrected chi connectivity index (χ4v) is 6.80. The molecular formula is C30H38ClN3O3. The molecule has 4 aliphatic heterocycles. The molecule has 4 aliphatic rings. The van der Waals surface area contributed by atoms with Crippen LogP contribution in [0.5, 0.6) is 0 Å². The first-order chi connectivity index (χ1) is 17.5. The van der Waals surface area contributed by atoms with Crippen molar-refractivity contribution in [3.8, 4) is 0 Å². The molecule has 4 saturated heterocycles. The highest BCUT2D eigenvalue weighted by molar-refractivity contribution is 5.82. The van der Waals surface area contributed by atoms with E-state index in [1.165, 1.54) is 12.0 Å². The van der Waals surface area contributed by atoms with Crippen LogP contribution in [-0.4, -0.2) is 59.2 Å². The predicted molar refractivity (Wildman–Crippen MR) is 139 cm³/mol. The standard InChI is InChI=1S/C30H38N3O3.ClH/c1-22-11-12-25-26(19-22)35-28(31-25)21-33-17-13-23(14-18-33)27(20-33)36-29(34)30(2,24-9-5-3-6-10-24)32-15-7-4-8-16-32;/h3,5-6,9-12,19,23,27H,4,7-8,13-18,20-21H2,1-2H3;1H/q+1;/p-1/t23?,27-,30+,33?;/m0./s1. The molecule has 3 aromatic rings. The largest absolute Gasteiger partial charge is 1.00 e. The smallest absolute Gasteiger partial charge is 0.331 e. The number of hydrogen-bond donors (Lipinski definition) is 0. The summed E-state index contributed by atoms with van der Waals surface area (Å²) >= 11 is 0. The molecule has 7 heteroatoms. The van der Waals surface area contributed by atoms with Gasteiger partial charge in [0, 0.05) is 18.8 Å². The van der Waals surface area contributed by atoms with Crippen molar-refractivity contribution in [1.29, 1.82) is 0 Å². The Labute approximate surface area is 226 Å². The lowest BCUT2D eigenvalue weighted by Gasteiger charge is -2.52. The average Bonchev–Trinajstić information content (AvgIpc) is 3.30. The van der Waals surface area contributed by atoms with Crippen LogP contribution in [0, 0.1) is 12.8 Å². The molecule has 0 saturated carbocycles. The molecule has 0 N–H and O–H groups in total. The molecule has 2 bridgehead atoms. The van der Waals surface area contributed by atoms with E-state index in [1.54, 1.807) is 0 Å². The van der Waals surface area contributed by atoms with Gasteiger partial charge in [0.2, 0.25) is 0 Å². The van der Waals surface area contributed by atoms with Crippen LogP contribution in [-0.2, 0) is 21.6 Å². The monoisotopic (exact) mass is 523 g/mol. The summed E-state index contributed by atoms with van der Waals surface area (Å²) in [6.45, 7) is 9.82. The molecule has 4 fully saturated rings. The van der Waals surface area contributed by atoms with Crippen LogP contribution < -0.4 is 12.4 Å². The van der Waals surface area contributed by atoms with Crippen LogP contribution in [0.1, 0.15) is 56.0 Å². The van der Waals surface area contributed by atoms with Crippen LogP contribution in [0.15, 0.2) is 52.9 Å². The number of likely N-dealkylation sites (tertiary alicyclic amines) is 1. The van der Waals surface area contributed by atoms with Gasteiger partial charge in [-0.1, -0.05) is 42.8 Å². The highest BCUT2D eigenvalue weighted by atomic mass is 35.5. The maximum atomic E-state index is 14.0. The van der Waals surface area contributed by atoms with Crippen molar-refractivity contribution in [1.82, 2.24) is 9.88 Å². The van der Waals surface area contributed by atoms with Crippen molar-refractivity contribution in [2.75, 3.05) is 32.7 Å². The SMILES string of the molecule is Cc1ccc2nc(C[N+]34CCC(CC3)[C@@H](OC(=O)[C@@](C)(c3ccccc3)N3CCCCC3)C4)oc2c1.[Cl-]. The van der Waals surface area contributed by atoms with Crippen LogP contribution in [0.2, 0.25) is 0 Å². The summed E-state index contributed by atoms with van der Waals surface area (Å²) in [7, 11) is 0. The maximum absolute atomic E-state index is 14.0. The Morgan fingerprint density at radius 1 is 1.11 bits per heavy atom. The number of aryl methyl sites for hydroxylation is 1. The van der Waals surface area contributed by atoms with Crippen molar-refractivity contribution < 1.29 is 30.8 Å². The molecule has 0 unspecified atom stereocenters. The number of nitrogens with zero attached hydrogens (tertiary/aromatic N) is 3. The van der Waals surface area contributed by atoms with Crippen molar-refractivity contribution >= 4 is 17.1 Å². The quantitative estimate of drug-likeness (QED) is 0.366. The van der Waals surface area contributed by atoms with Gasteiger partial charge in [-0.15, -0.1) is 0 Å². The Morgan fingerprint density at radius 2 is 1.84 bits per heavy atom. The number of piperidine rings is 4. The van der Waals surface area contributed by atoms with Gasteiger partial charge in [0.1, 0.15) is 17.6 Å². The predicted octanol–water partition coefficient (Wildman–Crippen LogP) is 2.19. The number of carbonyl (C=O) groups excluding carboxylic acids is 1. The van der Waals surface area contributed by atoms with E-state index in [-0.39, 0.29) is 24.5 Å². The first-order valence-electron chi connectivity index (χ1n) is 13.7. The Morgan fingerprint density at radius 3 is 2.57 bits per heavy atom. The third kappa shape index (κ3) is 4.91. The molecule has 0 spiro atoms. The van der Waals surface area contributed by atoms with Gasteiger partial charge >= 0.3 is 5.97 Å². The van der Waals surface area contributed by atoms with E-state index in [0.717, 1.165) is 92.0 Å². The summed E-state index contributed by atoms with van der Waals surface area (Å²) in [5.74, 6) is 1.15. The first-order valence-corrected chi connectivity index (χ1v) is 13.7. The van der Waals surface area contributed by atoms with Crippen LogP contribution in [0.25, 0.3) is 11.1 Å². The van der Waals surface area contributed by atoms with Gasteiger partial charge in [0.15, 0.2) is 18.2 Å². The molecule has 0 aliphatic carbocycles. The fraction of sp³-hybridized carbons (Fsp3) is 0.533. The van der Waals surface area contributed by atoms with Gasteiger partial charge in [0.25, 0.3) is 5.89 Å². The molecule has 198 valence electrons. The molecule has 2 aromatic carbocycles. The maximum Gasteiger partial charge on any atom is 0.331 e. The number of fused-ring (bicyclic) bond motifs is 4. The zero-order valence-corrected chi connectivity index (χ0v) is 22.8. The number of hydrogen-bond acceptors (Lipinski definition) is 5. The molecule has 37 heavy (non-hydrogen) atoms. The topological polar surface area (TPSA) is 55.6 Å². The summed E-state index contributed by atoms with van der Waals surface area (Å²) < 4.78 is 13.5. The molecule has 2 atom stereocenters. The van der Waals surface area contributed by atoms with Gasteiger partial charge in [-0.2, -0.15) is 0 Å². The second-order valence-corrected chi connectivity index (χ2v) is 11.5. The molecule has 6 nitrogen and oxygen atoms in total. The second-order valence-electron chi connectivity index (χ2n) is 11.5. The Hall–Kier alpha value is -2.41. The summed E-state index contributed by atoms with van der Waals surface area (Å²) in [6.07, 6.45) is 5.61. The van der Waals surface area contributed by atoms with Crippen molar-refractivity contribution in [2.45, 2.75) is 64.1 Å². The van der Waals surface area contributed by atoms with E-state index in [2.05, 4.69) is 43.0 Å². The first kappa shape index (κ1) is 26.2. The van der Waals surface area contributed by atoms with E-state index in [4.69, 9.17) is 14.1 Å². The summed E-state index contributed by atoms with van der Waals surface area (Å²) in [5, 5.41) is 0. The Kier molecular flexibility index (Phi) is 7.36. The van der Waals surface area contributed by atoms with E-state index >= 15 is 0 Å². The molecule has 7 rings (SSSR count). The number of benzene rings is 2. The number of rotatable bonds is 6. The third-order valence-electron chi connectivity index (χ3n) is 9.08. The summed E-state index contributed by atoms with van der Waals surface area (Å²) in [4.78, 5) is 21.2. The van der Waals surface area contributed by atoms with Crippen molar-refractivity contribution in [2.24, 2.45) is 5.92 Å². The minimum absolute atomic E-state index is 0. The molecular weight excluding hydrogens is 486 g/mol. The summed E-state index contributed by atoms with van der Waals surface area (Å²) in [5.41, 5.74) is 3.24. The zero-order chi connectivity index (χ0) is 24.8. The number of ether oxygens (including phenoxy) is 1. The molecule has 5 heterocycles. The van der Waals surface area contributed by atoms with Gasteiger partial charge in [-0.25, -0.2) is 9.78 Å². The van der Waals surface area contributed by atoms with E-state index in [9.17, 15) is 4.79 Å². The number of esters is 1. The lowest BCUT2D eigenvalue weighted by Crippen LogP contribution is -3.00. The van der Waals surface area contributed by atoms with Gasteiger partial charge in [-0.05, 0) is 63.0 Å². The third-order valence-corrected chi connectivity index (χ3v) is 9.08. The molecule has 1 aromatic heterocycles. The number of halogens is 1. The Balaban J connectivity index is 0.00000280. The normalized spacial score (nSPS) is 27.4. The van der Waals surface area contributed by atoms with E-state index < -0.39 is 5.54 Å². The minimum Gasteiger partial charge on any atom is -1.00 e. The Bertz CT molecular complexity index is 1230. The van der Waals surface area contributed by atoms with Gasteiger partial charge < -0.3 is 26.0 Å². The van der Waals surface area contributed by atoms with Gasteiger partial charge in [0.05, 0.1) is 13.1 Å². The van der Waals surface area contributed by atoms with Gasteiger partial charge in [-0.3, -0.25) is 4.90 Å². The van der Waals surface area contributed by atoms with Crippen molar-refractivity contribution in [3.63, 3.8) is 0 Å². The number of carbonyl (C=O) groups is 1. The zero-order valence-electron chi connectivity index (χ0n) is 22.0. The highest BCUT2D eigenvalue weighted by Crippen LogP contribution is 2.40. The lowest BCUT2D eigenvalue weighted by atomic mass is 9.82. The minimum atomic E-state index is -0.753. The molecule has 0 amide bonds. The van der Waals surface area contributed by atoms with Crippen LogP contribution >= 0.6 is 0 Å². The average molecular weight is 524 g/mol. The van der Waals surface area contributed by atoms with E-state index in [1.807, 2.05) is 24.3 Å². The number of quaternary nitrogens is 1. The van der Waals surface area contributed by atoms with E-state index in [0.29, 0.717) is 5.92 Å². The van der Waals surface area contributed by atoms with Crippen LogP contribution in [0.4, 0.5) is 0 Å². The van der Waals surface area contributed by atoms with Crippen LogP contribution in [0.3, 0.4) is 0 Å². The second kappa shape index (κ2) is 10.4. The lowest BCUT2D eigenvalue weighted by molar-refractivity contribution is -0.959. The van der Waals surface area contributed by atoms with Crippen molar-refractivity contribution in [3.05, 3.63) is 65.5 Å². The number of aromatic nitrogens is 1. The fourth-order valence-electron chi connectivity index (χ4n) is 6.80. The summed E-state index contributed by atoms with van der Waals surface area (Å²) in [6, 6.07) is 16.4. The highest BCUT2D eigenvalue weighted by Gasteiger charge is 2.51. The number of oxazole rings is 1.